The van der Waals surface area contributed by atoms with Gasteiger partial charge in [0.05, 0.1) is 12.7 Å². The summed E-state index contributed by atoms with van der Waals surface area (Å²) in [7, 11) is 3.38. The molecule has 166 valence electrons. The van der Waals surface area contributed by atoms with E-state index in [-0.39, 0.29) is 11.8 Å². The number of piperazine rings is 1. The summed E-state index contributed by atoms with van der Waals surface area (Å²) in [4.78, 5) is 44.5. The van der Waals surface area contributed by atoms with Gasteiger partial charge in [-0.25, -0.2) is 4.79 Å². The van der Waals surface area contributed by atoms with Crippen molar-refractivity contribution in [2.75, 3.05) is 40.3 Å². The Morgan fingerprint density at radius 2 is 1.74 bits per heavy atom. The van der Waals surface area contributed by atoms with Gasteiger partial charge in [0.25, 0.3) is 11.8 Å². The minimum Gasteiger partial charge on any atom is -0.465 e. The predicted molar refractivity (Wildman–Crippen MR) is 117 cm³/mol. The molecule has 1 aliphatic heterocycles. The Bertz CT molecular complexity index is 957. The SMILES string of the molecule is CCc1[nH]c(C(=O)NCc2ccc(C(=O)N3CCN(C)CC3)cc2)c(C)c1C(=O)OC. The van der Waals surface area contributed by atoms with Crippen LogP contribution in [0.2, 0.25) is 0 Å². The molecule has 0 unspecified atom stereocenters. The molecule has 31 heavy (non-hydrogen) atoms. The van der Waals surface area contributed by atoms with Crippen LogP contribution in [0.25, 0.3) is 0 Å². The molecule has 1 aromatic carbocycles. The second-order valence-corrected chi connectivity index (χ2v) is 7.80. The zero-order chi connectivity index (χ0) is 22.5. The summed E-state index contributed by atoms with van der Waals surface area (Å²) in [5.74, 6) is -0.710. The van der Waals surface area contributed by atoms with Crippen molar-refractivity contribution in [3.05, 3.63) is 57.9 Å². The topological polar surface area (TPSA) is 94.7 Å². The third kappa shape index (κ3) is 4.96. The molecule has 1 aromatic heterocycles. The first kappa shape index (κ1) is 22.6. The highest BCUT2D eigenvalue weighted by molar-refractivity contribution is 6.00. The minimum absolute atomic E-state index is 0.0353. The van der Waals surface area contributed by atoms with Crippen LogP contribution in [0.4, 0.5) is 0 Å². The number of methoxy groups -OCH3 is 1. The number of ether oxygens (including phenoxy) is 1. The van der Waals surface area contributed by atoms with Crippen molar-refractivity contribution in [2.45, 2.75) is 26.8 Å². The van der Waals surface area contributed by atoms with E-state index in [0.29, 0.717) is 41.0 Å². The molecule has 0 bridgehead atoms. The molecule has 2 amide bonds. The lowest BCUT2D eigenvalue weighted by Gasteiger charge is -2.32. The first-order chi connectivity index (χ1) is 14.8. The fraction of sp³-hybridized carbons (Fsp3) is 0.435. The first-order valence-electron chi connectivity index (χ1n) is 10.5. The summed E-state index contributed by atoms with van der Waals surface area (Å²) in [6.07, 6.45) is 0.585. The van der Waals surface area contributed by atoms with E-state index in [4.69, 9.17) is 4.74 Å². The number of amides is 2. The Morgan fingerprint density at radius 3 is 2.32 bits per heavy atom. The van der Waals surface area contributed by atoms with Gasteiger partial charge < -0.3 is 24.8 Å². The van der Waals surface area contributed by atoms with Gasteiger partial charge in [0.1, 0.15) is 5.69 Å². The number of H-pyrrole nitrogens is 1. The van der Waals surface area contributed by atoms with E-state index < -0.39 is 5.97 Å². The number of aryl methyl sites for hydroxylation is 1. The van der Waals surface area contributed by atoms with Crippen LogP contribution in [0.15, 0.2) is 24.3 Å². The molecule has 8 heteroatoms. The van der Waals surface area contributed by atoms with E-state index in [2.05, 4.69) is 22.2 Å². The summed E-state index contributed by atoms with van der Waals surface area (Å²) in [5, 5.41) is 2.87. The second-order valence-electron chi connectivity index (χ2n) is 7.80. The van der Waals surface area contributed by atoms with Gasteiger partial charge in [0, 0.05) is 44.0 Å². The van der Waals surface area contributed by atoms with Crippen molar-refractivity contribution in [2.24, 2.45) is 0 Å². The third-order valence-corrected chi connectivity index (χ3v) is 5.74. The van der Waals surface area contributed by atoms with Crippen molar-refractivity contribution in [3.63, 3.8) is 0 Å². The molecule has 2 N–H and O–H groups in total. The molecule has 0 spiro atoms. The van der Waals surface area contributed by atoms with Crippen LogP contribution in [0.3, 0.4) is 0 Å². The number of nitrogens with zero attached hydrogens (tertiary/aromatic N) is 2. The summed E-state index contributed by atoms with van der Waals surface area (Å²) >= 11 is 0. The molecule has 0 aliphatic carbocycles. The highest BCUT2D eigenvalue weighted by Crippen LogP contribution is 2.20. The van der Waals surface area contributed by atoms with Gasteiger partial charge in [-0.15, -0.1) is 0 Å². The Hall–Kier alpha value is -3.13. The number of aromatic nitrogens is 1. The zero-order valence-corrected chi connectivity index (χ0v) is 18.6. The van der Waals surface area contributed by atoms with Crippen LogP contribution >= 0.6 is 0 Å². The molecule has 8 nitrogen and oxygen atoms in total. The van der Waals surface area contributed by atoms with Crippen molar-refractivity contribution < 1.29 is 19.1 Å². The van der Waals surface area contributed by atoms with Crippen LogP contribution < -0.4 is 5.32 Å². The molecular formula is C23H30N4O4. The van der Waals surface area contributed by atoms with Crippen molar-refractivity contribution in [1.82, 2.24) is 20.1 Å². The number of rotatable bonds is 6. The average Bonchev–Trinajstić information content (AvgIpc) is 3.13. The molecule has 2 heterocycles. The van der Waals surface area contributed by atoms with Crippen LogP contribution in [0, 0.1) is 6.92 Å². The zero-order valence-electron chi connectivity index (χ0n) is 18.6. The van der Waals surface area contributed by atoms with Gasteiger partial charge in [-0.05, 0) is 43.7 Å². The van der Waals surface area contributed by atoms with Crippen molar-refractivity contribution >= 4 is 17.8 Å². The molecule has 1 saturated heterocycles. The summed E-state index contributed by atoms with van der Waals surface area (Å²) < 4.78 is 4.84. The lowest BCUT2D eigenvalue weighted by molar-refractivity contribution is 0.0598. The molecule has 0 radical (unpaired) electrons. The number of esters is 1. The van der Waals surface area contributed by atoms with Crippen molar-refractivity contribution in [3.8, 4) is 0 Å². The quantitative estimate of drug-likeness (QED) is 0.689. The number of carbonyl (C=O) groups is 3. The van der Waals surface area contributed by atoms with Gasteiger partial charge in [-0.2, -0.15) is 0 Å². The number of benzene rings is 1. The maximum atomic E-state index is 12.7. The molecule has 0 atom stereocenters. The van der Waals surface area contributed by atoms with Crippen LogP contribution in [-0.2, 0) is 17.7 Å². The van der Waals surface area contributed by atoms with Crippen LogP contribution in [0.5, 0.6) is 0 Å². The fourth-order valence-electron chi connectivity index (χ4n) is 3.76. The van der Waals surface area contributed by atoms with E-state index in [9.17, 15) is 14.4 Å². The Labute approximate surface area is 182 Å². The number of hydrogen-bond donors (Lipinski definition) is 2. The van der Waals surface area contributed by atoms with E-state index in [1.807, 2.05) is 24.0 Å². The summed E-state index contributed by atoms with van der Waals surface area (Å²) in [6.45, 7) is 7.18. The molecule has 2 aromatic rings. The molecule has 1 aliphatic rings. The number of nitrogens with one attached hydrogen (secondary N) is 2. The monoisotopic (exact) mass is 426 g/mol. The van der Waals surface area contributed by atoms with Gasteiger partial charge >= 0.3 is 5.97 Å². The molecule has 1 fully saturated rings. The van der Waals surface area contributed by atoms with Gasteiger partial charge in [-0.3, -0.25) is 9.59 Å². The van der Waals surface area contributed by atoms with E-state index in [1.165, 1.54) is 7.11 Å². The standard InChI is InChI=1S/C23H30N4O4/c1-5-18-19(23(30)31-4)15(2)20(25-18)21(28)24-14-16-6-8-17(9-7-16)22(29)27-12-10-26(3)11-13-27/h6-9,25H,5,10-14H2,1-4H3,(H,24,28). The Morgan fingerprint density at radius 1 is 1.10 bits per heavy atom. The lowest BCUT2D eigenvalue weighted by atomic mass is 10.1. The fourth-order valence-corrected chi connectivity index (χ4v) is 3.76. The van der Waals surface area contributed by atoms with Gasteiger partial charge in [-0.1, -0.05) is 19.1 Å². The maximum Gasteiger partial charge on any atom is 0.339 e. The molecular weight excluding hydrogens is 396 g/mol. The summed E-state index contributed by atoms with van der Waals surface area (Å²) in [6, 6.07) is 7.30. The van der Waals surface area contributed by atoms with E-state index in [1.54, 1.807) is 19.1 Å². The predicted octanol–water partition coefficient (Wildman–Crippen LogP) is 1.99. The van der Waals surface area contributed by atoms with Gasteiger partial charge in [0.2, 0.25) is 0 Å². The molecule has 0 saturated carbocycles. The summed E-state index contributed by atoms with van der Waals surface area (Å²) in [5.41, 5.74) is 3.57. The first-order valence-corrected chi connectivity index (χ1v) is 10.5. The number of hydrogen-bond acceptors (Lipinski definition) is 5. The maximum absolute atomic E-state index is 12.7. The number of aromatic amines is 1. The smallest absolute Gasteiger partial charge is 0.339 e. The number of likely N-dealkylation sites (N-methyl/N-ethyl adjacent to an activating group) is 1. The highest BCUT2D eigenvalue weighted by atomic mass is 16.5. The van der Waals surface area contributed by atoms with E-state index >= 15 is 0 Å². The van der Waals surface area contributed by atoms with Crippen LogP contribution in [0.1, 0.15) is 54.9 Å². The lowest BCUT2D eigenvalue weighted by Crippen LogP contribution is -2.47. The normalized spacial score (nSPS) is 14.4. The Kier molecular flexibility index (Phi) is 7.12. The van der Waals surface area contributed by atoms with E-state index in [0.717, 1.165) is 31.7 Å². The average molecular weight is 427 g/mol. The Balaban J connectivity index is 1.63. The third-order valence-electron chi connectivity index (χ3n) is 5.74. The number of carbonyl (C=O) groups excluding carboxylic acids is 3. The molecule has 3 rings (SSSR count). The van der Waals surface area contributed by atoms with Crippen LogP contribution in [-0.4, -0.2) is 72.9 Å². The van der Waals surface area contributed by atoms with Gasteiger partial charge in [0.15, 0.2) is 0 Å². The second kappa shape index (κ2) is 9.78. The minimum atomic E-state index is -0.453. The van der Waals surface area contributed by atoms with Crippen molar-refractivity contribution in [1.29, 1.82) is 0 Å². The largest absolute Gasteiger partial charge is 0.465 e. The highest BCUT2D eigenvalue weighted by Gasteiger charge is 2.24.